The summed E-state index contributed by atoms with van der Waals surface area (Å²) in [4.78, 5) is 22.3. The van der Waals surface area contributed by atoms with Crippen molar-refractivity contribution in [2.45, 2.75) is 39.3 Å². The second-order valence-corrected chi connectivity index (χ2v) is 8.37. The Morgan fingerprint density at radius 2 is 2.03 bits per heavy atom. The molecule has 3 aromatic rings. The van der Waals surface area contributed by atoms with Gasteiger partial charge < -0.3 is 14.5 Å². The van der Waals surface area contributed by atoms with Crippen molar-refractivity contribution in [2.24, 2.45) is 0 Å². The van der Waals surface area contributed by atoms with Gasteiger partial charge in [-0.15, -0.1) is 0 Å². The molecule has 4 heterocycles. The Labute approximate surface area is 169 Å². The number of hydrogen-bond acceptors (Lipinski definition) is 7. The van der Waals surface area contributed by atoms with Crippen molar-refractivity contribution in [1.29, 1.82) is 0 Å². The third-order valence-electron chi connectivity index (χ3n) is 5.11. The monoisotopic (exact) mass is 400 g/mol. The van der Waals surface area contributed by atoms with Gasteiger partial charge in [0.25, 0.3) is 5.56 Å². The molecule has 1 unspecified atom stereocenters. The zero-order valence-corrected chi connectivity index (χ0v) is 17.4. The van der Waals surface area contributed by atoms with Crippen LogP contribution in [0.5, 0.6) is 0 Å². The second kappa shape index (κ2) is 7.64. The van der Waals surface area contributed by atoms with Crippen LogP contribution in [0.3, 0.4) is 0 Å². The van der Waals surface area contributed by atoms with E-state index in [2.05, 4.69) is 25.3 Å². The van der Waals surface area contributed by atoms with Crippen LogP contribution in [0.1, 0.15) is 38.3 Å². The number of furan rings is 1. The first-order valence-electron chi connectivity index (χ1n) is 9.93. The number of rotatable bonds is 5. The van der Waals surface area contributed by atoms with E-state index in [1.54, 1.807) is 10.9 Å². The second-order valence-electron chi connectivity index (χ2n) is 8.37. The van der Waals surface area contributed by atoms with Crippen molar-refractivity contribution in [3.8, 4) is 0 Å². The van der Waals surface area contributed by atoms with E-state index in [-0.39, 0.29) is 17.1 Å². The molecular weight excluding hydrogens is 372 g/mol. The molecule has 156 valence electrons. The smallest absolute Gasteiger partial charge is 0.263 e. The fraction of sp³-hybridized carbons (Fsp3) is 0.550. The lowest BCUT2D eigenvalue weighted by Gasteiger charge is -2.33. The van der Waals surface area contributed by atoms with Gasteiger partial charge in [-0.1, -0.05) is 0 Å². The molecule has 0 aliphatic carbocycles. The Kier molecular flexibility index (Phi) is 5.18. The lowest BCUT2D eigenvalue weighted by atomic mass is 10.1. The number of nitrogens with zero attached hydrogens (tertiary/aromatic N) is 4. The Balaban J connectivity index is 1.61. The lowest BCUT2D eigenvalue weighted by Crippen LogP contribution is -2.41. The Morgan fingerprint density at radius 1 is 1.28 bits per heavy atom. The minimum Gasteiger partial charge on any atom is -0.465 e. The largest absolute Gasteiger partial charge is 0.465 e. The van der Waals surface area contributed by atoms with Gasteiger partial charge in [-0.05, 0) is 39.8 Å². The van der Waals surface area contributed by atoms with Crippen molar-refractivity contribution >= 4 is 17.0 Å². The van der Waals surface area contributed by atoms with Gasteiger partial charge in [0, 0.05) is 19.6 Å². The molecule has 0 saturated carbocycles. The highest BCUT2D eigenvalue weighted by atomic mass is 16.5. The van der Waals surface area contributed by atoms with Gasteiger partial charge in [0.05, 0.1) is 31.0 Å². The van der Waals surface area contributed by atoms with E-state index in [1.165, 1.54) is 0 Å². The molecule has 4 rings (SSSR count). The van der Waals surface area contributed by atoms with E-state index in [9.17, 15) is 4.79 Å². The minimum absolute atomic E-state index is 0.0149. The molecule has 0 spiro atoms. The fourth-order valence-corrected chi connectivity index (χ4v) is 3.62. The highest BCUT2D eigenvalue weighted by Gasteiger charge is 2.26. The number of aryl methyl sites for hydroxylation is 1. The zero-order valence-electron chi connectivity index (χ0n) is 17.4. The van der Waals surface area contributed by atoms with Crippen LogP contribution in [-0.2, 0) is 10.3 Å². The van der Waals surface area contributed by atoms with Gasteiger partial charge in [-0.25, -0.2) is 4.68 Å². The summed E-state index contributed by atoms with van der Waals surface area (Å²) in [6.07, 6.45) is 1.57. The number of hydrogen-bond donors (Lipinski definition) is 2. The Hall–Kier alpha value is -2.65. The number of aromatic amines is 1. The maximum Gasteiger partial charge on any atom is 0.263 e. The molecule has 1 fully saturated rings. The summed E-state index contributed by atoms with van der Waals surface area (Å²) < 4.78 is 13.2. The molecule has 9 nitrogen and oxygen atoms in total. The van der Waals surface area contributed by atoms with Gasteiger partial charge in [0.2, 0.25) is 5.95 Å². The highest BCUT2D eigenvalue weighted by Crippen LogP contribution is 2.24. The average molecular weight is 400 g/mol. The third-order valence-corrected chi connectivity index (χ3v) is 5.11. The molecule has 1 aliphatic rings. The average Bonchev–Trinajstić information content (AvgIpc) is 3.29. The van der Waals surface area contributed by atoms with Crippen LogP contribution in [0.4, 0.5) is 5.95 Å². The summed E-state index contributed by atoms with van der Waals surface area (Å²) in [5.41, 5.74) is 0.0901. The summed E-state index contributed by atoms with van der Waals surface area (Å²) in [6.45, 7) is 11.6. The van der Waals surface area contributed by atoms with Gasteiger partial charge >= 0.3 is 0 Å². The molecule has 29 heavy (non-hydrogen) atoms. The van der Waals surface area contributed by atoms with Gasteiger partial charge in [-0.2, -0.15) is 10.1 Å². The topological polar surface area (TPSA) is 101 Å². The van der Waals surface area contributed by atoms with Crippen molar-refractivity contribution in [1.82, 2.24) is 24.6 Å². The molecule has 0 amide bonds. The molecule has 1 atom stereocenters. The Morgan fingerprint density at radius 3 is 2.69 bits per heavy atom. The predicted molar refractivity (Wildman–Crippen MR) is 110 cm³/mol. The maximum atomic E-state index is 12.5. The molecule has 3 aromatic heterocycles. The van der Waals surface area contributed by atoms with E-state index >= 15 is 0 Å². The molecule has 0 bridgehead atoms. The number of anilines is 1. The first-order valence-corrected chi connectivity index (χ1v) is 9.93. The first kappa shape index (κ1) is 19.7. The van der Waals surface area contributed by atoms with Crippen molar-refractivity contribution < 1.29 is 9.15 Å². The summed E-state index contributed by atoms with van der Waals surface area (Å²) in [5, 5.41) is 8.14. The summed E-state index contributed by atoms with van der Waals surface area (Å²) in [5.74, 6) is 2.19. The quantitative estimate of drug-likeness (QED) is 0.677. The van der Waals surface area contributed by atoms with Crippen LogP contribution in [0.2, 0.25) is 0 Å². The van der Waals surface area contributed by atoms with Crippen LogP contribution in [0, 0.1) is 6.92 Å². The molecule has 1 saturated heterocycles. The van der Waals surface area contributed by atoms with Crippen LogP contribution in [0.15, 0.2) is 27.5 Å². The van der Waals surface area contributed by atoms with Crippen molar-refractivity contribution in [2.75, 3.05) is 38.2 Å². The SMILES string of the molecule is Cc1ccc(C(CNc2nc3c(cnn3C(C)(C)C)c(=O)[nH]2)N2CCOCC2)o1. The van der Waals surface area contributed by atoms with Gasteiger partial charge in [0.1, 0.15) is 16.9 Å². The number of ether oxygens (including phenoxy) is 1. The molecule has 9 heteroatoms. The summed E-state index contributed by atoms with van der Waals surface area (Å²) in [7, 11) is 0. The number of morpholine rings is 1. The Bertz CT molecular complexity index is 1040. The predicted octanol–water partition coefficient (Wildman–Crippen LogP) is 2.26. The molecule has 1 aliphatic heterocycles. The van der Waals surface area contributed by atoms with Crippen molar-refractivity contribution in [3.05, 3.63) is 40.2 Å². The van der Waals surface area contributed by atoms with Crippen LogP contribution >= 0.6 is 0 Å². The van der Waals surface area contributed by atoms with Gasteiger partial charge in [0.15, 0.2) is 5.65 Å². The van der Waals surface area contributed by atoms with Gasteiger partial charge in [-0.3, -0.25) is 14.7 Å². The normalized spacial score (nSPS) is 17.0. The first-order chi connectivity index (χ1) is 13.8. The third kappa shape index (κ3) is 4.06. The highest BCUT2D eigenvalue weighted by molar-refractivity contribution is 5.74. The molecule has 0 radical (unpaired) electrons. The van der Waals surface area contributed by atoms with E-state index in [1.807, 2.05) is 39.8 Å². The number of fused-ring (bicyclic) bond motifs is 1. The van der Waals surface area contributed by atoms with E-state index < -0.39 is 0 Å². The standard InChI is InChI=1S/C20H28N6O3/c1-13-5-6-16(29-13)15(25-7-9-28-10-8-25)12-21-19-23-17-14(18(27)24-19)11-22-26(17)20(2,3)4/h5-6,11,15H,7-10,12H2,1-4H3,(H2,21,23,24,27). The minimum atomic E-state index is -0.276. The molecule has 2 N–H and O–H groups in total. The number of nitrogens with one attached hydrogen (secondary N) is 2. The maximum absolute atomic E-state index is 12.5. The van der Waals surface area contributed by atoms with E-state index in [4.69, 9.17) is 9.15 Å². The van der Waals surface area contributed by atoms with Crippen LogP contribution in [-0.4, -0.2) is 57.5 Å². The number of H-pyrrole nitrogens is 1. The van der Waals surface area contributed by atoms with Crippen molar-refractivity contribution in [3.63, 3.8) is 0 Å². The van der Waals surface area contributed by atoms with E-state index in [0.29, 0.717) is 36.7 Å². The zero-order chi connectivity index (χ0) is 20.6. The van der Waals surface area contributed by atoms with Crippen LogP contribution in [0.25, 0.3) is 11.0 Å². The summed E-state index contributed by atoms with van der Waals surface area (Å²) >= 11 is 0. The number of aromatic nitrogens is 4. The van der Waals surface area contributed by atoms with E-state index in [0.717, 1.165) is 24.6 Å². The molecule has 0 aromatic carbocycles. The lowest BCUT2D eigenvalue weighted by molar-refractivity contribution is 0.0143. The fourth-order valence-electron chi connectivity index (χ4n) is 3.62. The summed E-state index contributed by atoms with van der Waals surface area (Å²) in [6, 6.07) is 3.99. The molecular formula is C20H28N6O3. The van der Waals surface area contributed by atoms with Crippen LogP contribution < -0.4 is 10.9 Å².